The minimum Gasteiger partial charge on any atom is -0.497 e. The summed E-state index contributed by atoms with van der Waals surface area (Å²) in [5, 5.41) is 3.37. The van der Waals surface area contributed by atoms with Gasteiger partial charge in [0.15, 0.2) is 0 Å². The number of nitrogens with zero attached hydrogens (tertiary/aromatic N) is 1. The number of methoxy groups -OCH3 is 1. The van der Waals surface area contributed by atoms with Crippen molar-refractivity contribution in [3.8, 4) is 5.75 Å². The van der Waals surface area contributed by atoms with Crippen molar-refractivity contribution in [3.05, 3.63) is 88.4 Å². The van der Waals surface area contributed by atoms with E-state index in [0.29, 0.717) is 22.9 Å². The normalized spacial score (nSPS) is 12.1. The van der Waals surface area contributed by atoms with Gasteiger partial charge in [-0.1, -0.05) is 48.4 Å². The average molecular weight is 501 g/mol. The van der Waals surface area contributed by atoms with Gasteiger partial charge in [0.1, 0.15) is 12.3 Å². The number of hydrogen-bond acceptors (Lipinski definition) is 4. The molecule has 8 heteroatoms. The summed E-state index contributed by atoms with van der Waals surface area (Å²) < 4.78 is 33.3. The van der Waals surface area contributed by atoms with Crippen LogP contribution in [-0.2, 0) is 14.8 Å². The number of rotatable bonds is 9. The van der Waals surface area contributed by atoms with Crippen LogP contribution >= 0.6 is 11.6 Å². The molecule has 0 radical (unpaired) electrons. The molecule has 0 bridgehead atoms. The fraction of sp³-hybridized carbons (Fsp3) is 0.269. The Kier molecular flexibility index (Phi) is 8.23. The van der Waals surface area contributed by atoms with Crippen LogP contribution in [0, 0.1) is 13.8 Å². The second-order valence-corrected chi connectivity index (χ2v) is 10.4. The zero-order chi connectivity index (χ0) is 24.9. The maximum atomic E-state index is 13.6. The highest BCUT2D eigenvalue weighted by Crippen LogP contribution is 2.28. The molecule has 0 aliphatic carbocycles. The number of aryl methyl sites for hydroxylation is 2. The number of ether oxygens (including phenoxy) is 1. The first-order valence-electron chi connectivity index (χ1n) is 10.9. The summed E-state index contributed by atoms with van der Waals surface area (Å²) in [6.07, 6.45) is 0.665. The van der Waals surface area contributed by atoms with Crippen LogP contribution < -0.4 is 14.4 Å². The van der Waals surface area contributed by atoms with Gasteiger partial charge in [0.05, 0.1) is 23.7 Å². The number of nitrogens with one attached hydrogen (secondary N) is 1. The summed E-state index contributed by atoms with van der Waals surface area (Å²) in [5.74, 6) is 0.120. The van der Waals surface area contributed by atoms with E-state index in [1.165, 1.54) is 25.3 Å². The Morgan fingerprint density at radius 1 is 1.06 bits per heavy atom. The van der Waals surface area contributed by atoms with Crippen molar-refractivity contribution >= 4 is 33.2 Å². The third-order valence-corrected chi connectivity index (χ3v) is 7.60. The Balaban J connectivity index is 1.92. The van der Waals surface area contributed by atoms with E-state index in [0.717, 1.165) is 21.0 Å². The standard InChI is InChI=1S/C26H29ClN2O4S/c1-5-25(24-14-9-18(2)15-19(24)3)28-26(30)17-29(21-8-6-7-20(27)16-21)34(31,32)23-12-10-22(33-4)11-13-23/h6-16,25H,5,17H2,1-4H3,(H,28,30). The van der Waals surface area contributed by atoms with Gasteiger partial charge in [-0.25, -0.2) is 8.42 Å². The molecule has 0 aromatic heterocycles. The first-order valence-corrected chi connectivity index (χ1v) is 12.8. The summed E-state index contributed by atoms with van der Waals surface area (Å²) in [4.78, 5) is 13.2. The number of carbonyl (C=O) groups is 1. The van der Waals surface area contributed by atoms with Crippen LogP contribution in [0.3, 0.4) is 0 Å². The zero-order valence-electron chi connectivity index (χ0n) is 19.7. The molecule has 1 N–H and O–H groups in total. The zero-order valence-corrected chi connectivity index (χ0v) is 21.3. The van der Waals surface area contributed by atoms with E-state index in [4.69, 9.17) is 16.3 Å². The molecule has 1 amide bonds. The van der Waals surface area contributed by atoms with Crippen LogP contribution in [0.4, 0.5) is 5.69 Å². The fourth-order valence-corrected chi connectivity index (χ4v) is 5.41. The third-order valence-electron chi connectivity index (χ3n) is 5.58. The van der Waals surface area contributed by atoms with E-state index in [9.17, 15) is 13.2 Å². The highest BCUT2D eigenvalue weighted by Gasteiger charge is 2.28. The van der Waals surface area contributed by atoms with E-state index >= 15 is 0 Å². The topological polar surface area (TPSA) is 75.7 Å². The molecule has 0 fully saturated rings. The van der Waals surface area contributed by atoms with Gasteiger partial charge < -0.3 is 10.1 Å². The van der Waals surface area contributed by atoms with Crippen molar-refractivity contribution in [2.45, 2.75) is 38.1 Å². The van der Waals surface area contributed by atoms with Crippen molar-refractivity contribution in [1.82, 2.24) is 5.32 Å². The van der Waals surface area contributed by atoms with Crippen LogP contribution in [-0.4, -0.2) is 28.0 Å². The minimum absolute atomic E-state index is 0.0440. The second-order valence-electron chi connectivity index (χ2n) is 8.06. The molecule has 3 aromatic rings. The lowest BCUT2D eigenvalue weighted by Crippen LogP contribution is -2.42. The molecule has 3 aromatic carbocycles. The molecule has 1 atom stereocenters. The predicted octanol–water partition coefficient (Wildman–Crippen LogP) is 5.43. The molecule has 0 saturated carbocycles. The van der Waals surface area contributed by atoms with Gasteiger partial charge in [-0.15, -0.1) is 0 Å². The van der Waals surface area contributed by atoms with E-state index in [2.05, 4.69) is 11.4 Å². The summed E-state index contributed by atoms with van der Waals surface area (Å²) in [5.41, 5.74) is 3.52. The Bertz CT molecular complexity index is 1260. The summed E-state index contributed by atoms with van der Waals surface area (Å²) >= 11 is 6.14. The van der Waals surface area contributed by atoms with Crippen molar-refractivity contribution in [1.29, 1.82) is 0 Å². The summed E-state index contributed by atoms with van der Waals surface area (Å²) in [6.45, 7) is 5.61. The van der Waals surface area contributed by atoms with Gasteiger partial charge in [-0.2, -0.15) is 0 Å². The number of hydrogen-bond donors (Lipinski definition) is 1. The molecule has 0 saturated heterocycles. The number of sulfonamides is 1. The maximum Gasteiger partial charge on any atom is 0.264 e. The molecule has 34 heavy (non-hydrogen) atoms. The van der Waals surface area contributed by atoms with Crippen LogP contribution in [0.1, 0.15) is 36.1 Å². The SMILES string of the molecule is CCC(NC(=O)CN(c1cccc(Cl)c1)S(=O)(=O)c1ccc(OC)cc1)c1ccc(C)cc1C. The molecule has 0 spiro atoms. The number of halogens is 1. The van der Waals surface area contributed by atoms with Crippen molar-refractivity contribution in [3.63, 3.8) is 0 Å². The molecule has 0 heterocycles. The summed E-state index contributed by atoms with van der Waals surface area (Å²) in [6, 6.07) is 18.3. The molecule has 3 rings (SSSR count). The van der Waals surface area contributed by atoms with Gasteiger partial charge in [0.2, 0.25) is 5.91 Å². The molecule has 0 aliphatic heterocycles. The highest BCUT2D eigenvalue weighted by molar-refractivity contribution is 7.92. The van der Waals surface area contributed by atoms with E-state index in [1.54, 1.807) is 30.3 Å². The molecule has 1 unspecified atom stereocenters. The lowest BCUT2D eigenvalue weighted by molar-refractivity contribution is -0.120. The first-order chi connectivity index (χ1) is 16.1. The van der Waals surface area contributed by atoms with Gasteiger partial charge >= 0.3 is 0 Å². The Labute approximate surface area is 206 Å². The monoisotopic (exact) mass is 500 g/mol. The third kappa shape index (κ3) is 5.90. The quantitative estimate of drug-likeness (QED) is 0.425. The van der Waals surface area contributed by atoms with Crippen LogP contribution in [0.2, 0.25) is 5.02 Å². The van der Waals surface area contributed by atoms with Crippen LogP contribution in [0.15, 0.2) is 71.6 Å². The highest BCUT2D eigenvalue weighted by atomic mass is 35.5. The lowest BCUT2D eigenvalue weighted by atomic mass is 9.97. The fourth-order valence-electron chi connectivity index (χ4n) is 3.81. The molecule has 6 nitrogen and oxygen atoms in total. The largest absolute Gasteiger partial charge is 0.497 e. The van der Waals surface area contributed by atoms with Gasteiger partial charge in [0, 0.05) is 5.02 Å². The Morgan fingerprint density at radius 2 is 1.76 bits per heavy atom. The van der Waals surface area contributed by atoms with E-state index in [1.807, 2.05) is 32.9 Å². The number of amides is 1. The van der Waals surface area contributed by atoms with Gasteiger partial charge in [-0.3, -0.25) is 9.10 Å². The van der Waals surface area contributed by atoms with Crippen molar-refractivity contribution in [2.24, 2.45) is 0 Å². The first kappa shape index (κ1) is 25.6. The average Bonchev–Trinajstić information content (AvgIpc) is 2.81. The van der Waals surface area contributed by atoms with E-state index < -0.39 is 22.5 Å². The molecule has 0 aliphatic rings. The molecular weight excluding hydrogens is 472 g/mol. The smallest absolute Gasteiger partial charge is 0.264 e. The Hall–Kier alpha value is -3.03. The maximum absolute atomic E-state index is 13.6. The van der Waals surface area contributed by atoms with Crippen molar-refractivity contribution < 1.29 is 17.9 Å². The van der Waals surface area contributed by atoms with Crippen LogP contribution in [0.25, 0.3) is 0 Å². The predicted molar refractivity (Wildman–Crippen MR) is 136 cm³/mol. The van der Waals surface area contributed by atoms with Gasteiger partial charge in [-0.05, 0) is 73.9 Å². The minimum atomic E-state index is -4.05. The Morgan fingerprint density at radius 3 is 2.35 bits per heavy atom. The van der Waals surface area contributed by atoms with Crippen molar-refractivity contribution in [2.75, 3.05) is 18.0 Å². The number of anilines is 1. The number of benzene rings is 3. The molecule has 180 valence electrons. The van der Waals surface area contributed by atoms with Crippen LogP contribution in [0.5, 0.6) is 5.75 Å². The van der Waals surface area contributed by atoms with Gasteiger partial charge in [0.25, 0.3) is 10.0 Å². The molecular formula is C26H29ClN2O4S. The van der Waals surface area contributed by atoms with E-state index in [-0.39, 0.29) is 10.9 Å². The second kappa shape index (κ2) is 10.9. The lowest BCUT2D eigenvalue weighted by Gasteiger charge is -2.26. The summed E-state index contributed by atoms with van der Waals surface area (Å²) in [7, 11) is -2.55. The number of carbonyl (C=O) groups excluding carboxylic acids is 1.